The number of aliphatic hydroxyl groups is 2. The molecule has 3 fully saturated rings. The maximum Gasteiger partial charge on any atom is 0.0402 e. The number of hydrogen-bond donors (Lipinski definition) is 2. The Morgan fingerprint density at radius 1 is 0.773 bits per heavy atom. The third-order valence-electron chi connectivity index (χ3n) is 6.75. The second-order valence-corrected chi connectivity index (χ2v) is 7.66. The first-order chi connectivity index (χ1) is 10.5. The molecule has 0 aromatic carbocycles. The first kappa shape index (κ1) is 20.0. The number of aliphatic hydroxyl groups excluding tert-OH is 2. The van der Waals surface area contributed by atoms with Crippen LogP contribution in [0.4, 0.5) is 0 Å². The largest absolute Gasteiger partial charge is 0.397 e. The maximum atomic E-state index is 7.57. The van der Waals surface area contributed by atoms with Gasteiger partial charge in [-0.3, -0.25) is 0 Å². The fourth-order valence-corrected chi connectivity index (χ4v) is 6.30. The minimum atomic E-state index is 0.250. The molecule has 3 rings (SSSR count). The van der Waals surface area contributed by atoms with Crippen LogP contribution in [0.1, 0.15) is 67.2 Å². The van der Waals surface area contributed by atoms with Crippen LogP contribution in [0.2, 0.25) is 0 Å². The molecule has 2 N–H and O–H groups in total. The average molecular weight is 313 g/mol. The van der Waals surface area contributed by atoms with E-state index in [0.717, 1.165) is 47.3 Å². The molecule has 8 atom stereocenters. The Balaban J connectivity index is 0.000000353. The molecule has 0 amide bonds. The zero-order valence-corrected chi connectivity index (χ0v) is 15.8. The molecule has 2 nitrogen and oxygen atoms in total. The van der Waals surface area contributed by atoms with Crippen LogP contribution in [0.3, 0.4) is 0 Å². The van der Waals surface area contributed by atoms with Crippen LogP contribution in [0, 0.1) is 47.3 Å². The molecule has 0 saturated heterocycles. The summed E-state index contributed by atoms with van der Waals surface area (Å²) in [5, 5.41) is 15.1. The van der Waals surface area contributed by atoms with Crippen molar-refractivity contribution in [3.8, 4) is 0 Å². The van der Waals surface area contributed by atoms with Crippen molar-refractivity contribution < 1.29 is 10.2 Å². The summed E-state index contributed by atoms with van der Waals surface area (Å²) in [5.41, 5.74) is 0. The third kappa shape index (κ3) is 3.70. The molecule has 22 heavy (non-hydrogen) atoms. The predicted molar refractivity (Wildman–Crippen MR) is 94.6 cm³/mol. The minimum absolute atomic E-state index is 0.250. The summed E-state index contributed by atoms with van der Waals surface area (Å²) >= 11 is 0. The van der Waals surface area contributed by atoms with Gasteiger partial charge in [0.25, 0.3) is 0 Å². The zero-order valence-electron chi connectivity index (χ0n) is 15.8. The Morgan fingerprint density at radius 3 is 1.77 bits per heavy atom. The molecule has 0 heterocycles. The predicted octanol–water partition coefficient (Wildman–Crippen LogP) is 4.59. The van der Waals surface area contributed by atoms with Crippen LogP contribution in [-0.4, -0.2) is 23.4 Å². The van der Waals surface area contributed by atoms with Crippen LogP contribution in [0.15, 0.2) is 0 Å². The summed E-state index contributed by atoms with van der Waals surface area (Å²) in [6.07, 6.45) is 6.02. The Hall–Kier alpha value is -0.0800. The molecule has 0 radical (unpaired) electrons. The first-order valence-corrected chi connectivity index (χ1v) is 9.73. The van der Waals surface area contributed by atoms with Crippen molar-refractivity contribution in [2.75, 3.05) is 13.2 Å². The van der Waals surface area contributed by atoms with E-state index in [1.807, 2.05) is 0 Å². The van der Waals surface area contributed by atoms with E-state index in [2.05, 4.69) is 27.7 Å². The van der Waals surface area contributed by atoms with Gasteiger partial charge in [0.05, 0.1) is 0 Å². The SMILES string of the molecule is CCC1CC(C)C2C3CC(C(C)C3CC)C12.CCO.CCO. The van der Waals surface area contributed by atoms with Gasteiger partial charge in [-0.2, -0.15) is 0 Å². The Bertz CT molecular complexity index is 302. The summed E-state index contributed by atoms with van der Waals surface area (Å²) < 4.78 is 0. The second-order valence-electron chi connectivity index (χ2n) is 7.66. The molecule has 132 valence electrons. The van der Waals surface area contributed by atoms with Crippen molar-refractivity contribution in [1.29, 1.82) is 0 Å². The molecule has 2 heteroatoms. The van der Waals surface area contributed by atoms with Gasteiger partial charge in [-0.05, 0) is 74.0 Å². The van der Waals surface area contributed by atoms with Crippen molar-refractivity contribution in [1.82, 2.24) is 0 Å². The van der Waals surface area contributed by atoms with Gasteiger partial charge in [0, 0.05) is 13.2 Å². The van der Waals surface area contributed by atoms with Crippen molar-refractivity contribution >= 4 is 0 Å². The van der Waals surface area contributed by atoms with Gasteiger partial charge in [-0.15, -0.1) is 0 Å². The van der Waals surface area contributed by atoms with Crippen molar-refractivity contribution in [2.45, 2.75) is 67.2 Å². The van der Waals surface area contributed by atoms with Crippen LogP contribution >= 0.6 is 0 Å². The van der Waals surface area contributed by atoms with E-state index in [-0.39, 0.29) is 13.2 Å². The molecule has 0 aliphatic heterocycles. The lowest BCUT2D eigenvalue weighted by Gasteiger charge is -2.39. The normalized spacial score (nSPS) is 44.7. The minimum Gasteiger partial charge on any atom is -0.397 e. The van der Waals surface area contributed by atoms with Crippen LogP contribution in [0.5, 0.6) is 0 Å². The highest BCUT2D eigenvalue weighted by atomic mass is 16.3. The molecule has 2 bridgehead atoms. The summed E-state index contributed by atoms with van der Waals surface area (Å²) in [6, 6.07) is 0. The standard InChI is InChI=1S/C16H28.2C2H6O/c1-5-11-7-9(3)15-14-8-13(16(11)15)10(4)12(14)6-2;2*1-2-3/h9-16H,5-8H2,1-4H3;2*3H,2H2,1H3. The molecular formula is C20H40O2. The lowest BCUT2D eigenvalue weighted by atomic mass is 9.66. The fourth-order valence-electron chi connectivity index (χ4n) is 6.30. The lowest BCUT2D eigenvalue weighted by Crippen LogP contribution is -2.34. The quantitative estimate of drug-likeness (QED) is 0.782. The van der Waals surface area contributed by atoms with E-state index in [1.54, 1.807) is 26.7 Å². The maximum absolute atomic E-state index is 7.57. The van der Waals surface area contributed by atoms with Gasteiger partial charge >= 0.3 is 0 Å². The summed E-state index contributed by atoms with van der Waals surface area (Å²) in [7, 11) is 0. The average Bonchev–Trinajstić information content (AvgIpc) is 3.10. The smallest absolute Gasteiger partial charge is 0.0402 e. The monoisotopic (exact) mass is 312 g/mol. The fraction of sp³-hybridized carbons (Fsp3) is 1.00. The van der Waals surface area contributed by atoms with Gasteiger partial charge in [0.2, 0.25) is 0 Å². The van der Waals surface area contributed by atoms with Crippen LogP contribution < -0.4 is 0 Å². The molecule has 3 saturated carbocycles. The van der Waals surface area contributed by atoms with E-state index in [4.69, 9.17) is 10.2 Å². The molecule has 0 spiro atoms. The van der Waals surface area contributed by atoms with Gasteiger partial charge < -0.3 is 10.2 Å². The summed E-state index contributed by atoms with van der Waals surface area (Å²) in [6.45, 7) is 13.8. The summed E-state index contributed by atoms with van der Waals surface area (Å²) in [5.74, 6) is 8.69. The van der Waals surface area contributed by atoms with Crippen LogP contribution in [-0.2, 0) is 0 Å². The Kier molecular flexibility index (Phi) is 8.42. The van der Waals surface area contributed by atoms with Gasteiger partial charge in [-0.25, -0.2) is 0 Å². The van der Waals surface area contributed by atoms with E-state index in [0.29, 0.717) is 0 Å². The zero-order chi connectivity index (χ0) is 16.9. The van der Waals surface area contributed by atoms with Crippen molar-refractivity contribution in [3.63, 3.8) is 0 Å². The highest BCUT2D eigenvalue weighted by Gasteiger charge is 2.60. The molecule has 8 unspecified atom stereocenters. The van der Waals surface area contributed by atoms with Gasteiger partial charge in [0.15, 0.2) is 0 Å². The number of fused-ring (bicyclic) bond motifs is 5. The number of hydrogen-bond acceptors (Lipinski definition) is 2. The molecular weight excluding hydrogens is 272 g/mol. The molecule has 0 aromatic rings. The van der Waals surface area contributed by atoms with Gasteiger partial charge in [0.1, 0.15) is 0 Å². The topological polar surface area (TPSA) is 40.5 Å². The van der Waals surface area contributed by atoms with Crippen molar-refractivity contribution in [2.24, 2.45) is 47.3 Å². The molecule has 0 aromatic heterocycles. The first-order valence-electron chi connectivity index (χ1n) is 9.73. The van der Waals surface area contributed by atoms with Crippen molar-refractivity contribution in [3.05, 3.63) is 0 Å². The Labute approximate surface area is 138 Å². The highest BCUT2D eigenvalue weighted by molar-refractivity contribution is 5.09. The Morgan fingerprint density at radius 2 is 1.32 bits per heavy atom. The van der Waals surface area contributed by atoms with Gasteiger partial charge in [-0.1, -0.05) is 40.5 Å². The van der Waals surface area contributed by atoms with Crippen LogP contribution in [0.25, 0.3) is 0 Å². The molecule has 3 aliphatic rings. The lowest BCUT2D eigenvalue weighted by molar-refractivity contribution is 0.0873. The third-order valence-corrected chi connectivity index (χ3v) is 6.75. The number of rotatable bonds is 2. The van der Waals surface area contributed by atoms with E-state index < -0.39 is 0 Å². The van der Waals surface area contributed by atoms with E-state index in [9.17, 15) is 0 Å². The highest BCUT2D eigenvalue weighted by Crippen LogP contribution is 2.67. The summed E-state index contributed by atoms with van der Waals surface area (Å²) in [4.78, 5) is 0. The van der Waals surface area contributed by atoms with E-state index in [1.165, 1.54) is 12.8 Å². The molecule has 3 aliphatic carbocycles. The second kappa shape index (κ2) is 9.27. The van der Waals surface area contributed by atoms with E-state index >= 15 is 0 Å².